The number of rotatable bonds is 6. The summed E-state index contributed by atoms with van der Waals surface area (Å²) in [6.07, 6.45) is 2.14. The number of hydrogen-bond donors (Lipinski definition) is 1. The van der Waals surface area contributed by atoms with Gasteiger partial charge in [0, 0.05) is 11.1 Å². The van der Waals surface area contributed by atoms with E-state index in [1.165, 1.54) is 12.1 Å². The molecule has 3 aromatic carbocycles. The van der Waals surface area contributed by atoms with Crippen molar-refractivity contribution in [3.63, 3.8) is 0 Å². The van der Waals surface area contributed by atoms with Gasteiger partial charge in [0.1, 0.15) is 5.82 Å². The third kappa shape index (κ3) is 3.82. The molecule has 0 radical (unpaired) electrons. The molecule has 0 heterocycles. The van der Waals surface area contributed by atoms with E-state index in [2.05, 4.69) is 4.72 Å². The quantitative estimate of drug-likeness (QED) is 0.614. The molecule has 1 aliphatic rings. The van der Waals surface area contributed by atoms with Crippen LogP contribution in [-0.2, 0) is 10.0 Å². The molecular weight excluding hydrogens is 377 g/mol. The number of carbonyl (C=O) groups is 1. The molecule has 4 nitrogen and oxygen atoms in total. The number of halogens is 1. The summed E-state index contributed by atoms with van der Waals surface area (Å²) in [7, 11) is -3.95. The molecule has 1 fully saturated rings. The Kier molecular flexibility index (Phi) is 4.73. The van der Waals surface area contributed by atoms with Gasteiger partial charge in [-0.3, -0.25) is 9.52 Å². The number of ketones is 1. The van der Waals surface area contributed by atoms with Gasteiger partial charge in [0.15, 0.2) is 5.78 Å². The van der Waals surface area contributed by atoms with Crippen LogP contribution in [-0.4, -0.2) is 14.2 Å². The number of sulfonamides is 1. The van der Waals surface area contributed by atoms with E-state index in [0.29, 0.717) is 17.0 Å². The summed E-state index contributed by atoms with van der Waals surface area (Å²) < 4.78 is 41.0. The van der Waals surface area contributed by atoms with Crippen LogP contribution in [0.5, 0.6) is 0 Å². The molecule has 6 heteroatoms. The molecule has 1 aliphatic carbocycles. The van der Waals surface area contributed by atoms with Crippen molar-refractivity contribution >= 4 is 21.5 Å². The highest BCUT2D eigenvalue weighted by atomic mass is 32.2. The van der Waals surface area contributed by atoms with Crippen LogP contribution in [0.1, 0.15) is 40.2 Å². The predicted molar refractivity (Wildman–Crippen MR) is 106 cm³/mol. The SMILES string of the molecule is O=C(c1ccccc1)c1cc(C2CC2)ccc1NS(=O)(=O)c1ccc(F)cc1. The first-order valence-corrected chi connectivity index (χ1v) is 10.4. The first-order chi connectivity index (χ1) is 13.4. The van der Waals surface area contributed by atoms with Crippen molar-refractivity contribution in [2.24, 2.45) is 0 Å². The highest BCUT2D eigenvalue weighted by molar-refractivity contribution is 7.92. The second kappa shape index (κ2) is 7.20. The van der Waals surface area contributed by atoms with Crippen LogP contribution in [0.4, 0.5) is 10.1 Å². The van der Waals surface area contributed by atoms with Gasteiger partial charge in [-0.15, -0.1) is 0 Å². The van der Waals surface area contributed by atoms with Crippen molar-refractivity contribution in [2.45, 2.75) is 23.7 Å². The second-order valence-corrected chi connectivity index (χ2v) is 8.52. The zero-order chi connectivity index (χ0) is 19.7. The van der Waals surface area contributed by atoms with Crippen molar-refractivity contribution in [2.75, 3.05) is 4.72 Å². The lowest BCUT2D eigenvalue weighted by molar-refractivity contribution is 0.103. The summed E-state index contributed by atoms with van der Waals surface area (Å²) in [5.41, 5.74) is 2.03. The molecule has 0 aromatic heterocycles. The van der Waals surface area contributed by atoms with Crippen LogP contribution in [0.25, 0.3) is 0 Å². The van der Waals surface area contributed by atoms with E-state index in [0.717, 1.165) is 30.5 Å². The minimum absolute atomic E-state index is 0.0710. The van der Waals surface area contributed by atoms with Gasteiger partial charge in [-0.1, -0.05) is 36.4 Å². The van der Waals surface area contributed by atoms with Crippen molar-refractivity contribution in [1.29, 1.82) is 0 Å². The number of carbonyl (C=O) groups excluding carboxylic acids is 1. The standard InChI is InChI=1S/C22H18FNO3S/c23-18-9-11-19(12-10-18)28(26,27)24-21-13-8-17(15-6-7-15)14-20(21)22(25)16-4-2-1-3-5-16/h1-5,8-15,24H,6-7H2. The Balaban J connectivity index is 1.74. The van der Waals surface area contributed by atoms with E-state index in [-0.39, 0.29) is 16.4 Å². The first kappa shape index (κ1) is 18.4. The third-order valence-corrected chi connectivity index (χ3v) is 6.12. The summed E-state index contributed by atoms with van der Waals surface area (Å²) in [5, 5.41) is 0. The fourth-order valence-corrected chi connectivity index (χ4v) is 4.15. The number of benzene rings is 3. The molecule has 1 saturated carbocycles. The summed E-state index contributed by atoms with van der Waals surface area (Å²) in [6.45, 7) is 0. The van der Waals surface area contributed by atoms with E-state index < -0.39 is 15.8 Å². The van der Waals surface area contributed by atoms with E-state index >= 15 is 0 Å². The average molecular weight is 395 g/mol. The van der Waals surface area contributed by atoms with Crippen LogP contribution >= 0.6 is 0 Å². The van der Waals surface area contributed by atoms with E-state index in [1.54, 1.807) is 36.4 Å². The molecule has 0 unspecified atom stereocenters. The number of anilines is 1. The predicted octanol–water partition coefficient (Wildman–Crippen LogP) is 4.73. The topological polar surface area (TPSA) is 63.2 Å². The van der Waals surface area contributed by atoms with Gasteiger partial charge in [-0.2, -0.15) is 0 Å². The average Bonchev–Trinajstić information content (AvgIpc) is 3.54. The Morgan fingerprint density at radius 2 is 1.61 bits per heavy atom. The number of nitrogens with one attached hydrogen (secondary N) is 1. The lowest BCUT2D eigenvalue weighted by Gasteiger charge is -2.14. The van der Waals surface area contributed by atoms with Crippen LogP contribution in [0.2, 0.25) is 0 Å². The smallest absolute Gasteiger partial charge is 0.261 e. The van der Waals surface area contributed by atoms with Crippen molar-refractivity contribution < 1.29 is 17.6 Å². The van der Waals surface area contributed by atoms with Crippen LogP contribution in [0.15, 0.2) is 77.7 Å². The molecule has 0 bridgehead atoms. The minimum atomic E-state index is -3.95. The molecule has 0 spiro atoms. The molecule has 4 rings (SSSR count). The zero-order valence-corrected chi connectivity index (χ0v) is 15.7. The monoisotopic (exact) mass is 395 g/mol. The normalized spacial score (nSPS) is 13.9. The van der Waals surface area contributed by atoms with Gasteiger partial charge in [0.25, 0.3) is 10.0 Å². The van der Waals surface area contributed by atoms with E-state index in [4.69, 9.17) is 0 Å². The largest absolute Gasteiger partial charge is 0.289 e. The zero-order valence-electron chi connectivity index (χ0n) is 14.9. The van der Waals surface area contributed by atoms with Crippen molar-refractivity contribution in [1.82, 2.24) is 0 Å². The van der Waals surface area contributed by atoms with E-state index in [9.17, 15) is 17.6 Å². The molecule has 0 amide bonds. The van der Waals surface area contributed by atoms with Crippen molar-refractivity contribution in [3.8, 4) is 0 Å². The highest BCUT2D eigenvalue weighted by Crippen LogP contribution is 2.41. The Labute approximate surface area is 163 Å². The molecule has 142 valence electrons. The second-order valence-electron chi connectivity index (χ2n) is 6.83. The minimum Gasteiger partial charge on any atom is -0.289 e. The first-order valence-electron chi connectivity index (χ1n) is 8.96. The molecular formula is C22H18FNO3S. The molecule has 0 saturated heterocycles. The van der Waals surface area contributed by atoms with Gasteiger partial charge >= 0.3 is 0 Å². The summed E-state index contributed by atoms with van der Waals surface area (Å²) in [6, 6.07) is 18.5. The lowest BCUT2D eigenvalue weighted by atomic mass is 9.98. The molecule has 28 heavy (non-hydrogen) atoms. The summed E-state index contributed by atoms with van der Waals surface area (Å²) in [4.78, 5) is 13.0. The fourth-order valence-electron chi connectivity index (χ4n) is 3.07. The third-order valence-electron chi connectivity index (χ3n) is 4.74. The van der Waals surface area contributed by atoms with Gasteiger partial charge < -0.3 is 0 Å². The molecule has 1 N–H and O–H groups in total. The van der Waals surface area contributed by atoms with Gasteiger partial charge in [-0.25, -0.2) is 12.8 Å². The fraction of sp³-hybridized carbons (Fsp3) is 0.136. The Morgan fingerprint density at radius 1 is 0.929 bits per heavy atom. The van der Waals surface area contributed by atoms with Gasteiger partial charge in [-0.05, 0) is 60.7 Å². The van der Waals surface area contributed by atoms with Crippen LogP contribution < -0.4 is 4.72 Å². The maximum atomic E-state index is 13.1. The summed E-state index contributed by atoms with van der Waals surface area (Å²) >= 11 is 0. The van der Waals surface area contributed by atoms with Crippen LogP contribution in [0.3, 0.4) is 0 Å². The lowest BCUT2D eigenvalue weighted by Crippen LogP contribution is -2.16. The molecule has 3 aromatic rings. The van der Waals surface area contributed by atoms with Crippen LogP contribution in [0, 0.1) is 5.82 Å². The van der Waals surface area contributed by atoms with Gasteiger partial charge in [0.2, 0.25) is 0 Å². The number of hydrogen-bond acceptors (Lipinski definition) is 3. The summed E-state index contributed by atoms with van der Waals surface area (Å²) in [5.74, 6) is -0.349. The molecule has 0 aliphatic heterocycles. The maximum absolute atomic E-state index is 13.1. The van der Waals surface area contributed by atoms with Crippen molar-refractivity contribution in [3.05, 3.63) is 95.3 Å². The van der Waals surface area contributed by atoms with E-state index in [1.807, 2.05) is 12.1 Å². The highest BCUT2D eigenvalue weighted by Gasteiger charge is 2.26. The Morgan fingerprint density at radius 3 is 2.25 bits per heavy atom. The van der Waals surface area contributed by atoms with Gasteiger partial charge in [0.05, 0.1) is 10.6 Å². The maximum Gasteiger partial charge on any atom is 0.261 e. The Hall–Kier alpha value is -2.99. The Bertz CT molecular complexity index is 1120. The molecule has 0 atom stereocenters.